The lowest BCUT2D eigenvalue weighted by Gasteiger charge is -2.21. The van der Waals surface area contributed by atoms with Gasteiger partial charge < -0.3 is 4.74 Å². The molecule has 0 aromatic rings. The van der Waals surface area contributed by atoms with Gasteiger partial charge in [-0.1, -0.05) is 53.9 Å². The predicted octanol–water partition coefficient (Wildman–Crippen LogP) is 3.33. The molecule has 5 heteroatoms. The van der Waals surface area contributed by atoms with E-state index < -0.39 is 2.14 Å². The molecule has 0 saturated carbocycles. The predicted molar refractivity (Wildman–Crippen MR) is 59.9 cm³/mol. The van der Waals surface area contributed by atoms with Crippen molar-refractivity contribution in [1.82, 2.24) is 0 Å². The highest BCUT2D eigenvalue weighted by Gasteiger charge is 2.31. The van der Waals surface area contributed by atoms with E-state index >= 15 is 0 Å². The van der Waals surface area contributed by atoms with Gasteiger partial charge in [-0.05, 0) is 13.0 Å². The zero-order valence-electron chi connectivity index (χ0n) is 6.68. The van der Waals surface area contributed by atoms with Gasteiger partial charge in [-0.15, -0.1) is 0 Å². The maximum absolute atomic E-state index is 10.7. The highest BCUT2D eigenvalue weighted by Crippen LogP contribution is 2.39. The van der Waals surface area contributed by atoms with E-state index in [-0.39, 0.29) is 12.1 Å². The molecule has 0 aromatic heterocycles. The quantitative estimate of drug-likeness (QED) is 0.427. The molecule has 0 saturated heterocycles. The van der Waals surface area contributed by atoms with Gasteiger partial charge in [0.05, 0.1) is 0 Å². The number of carbonyl (C=O) groups is 1. The van der Waals surface area contributed by atoms with Crippen LogP contribution in [0.3, 0.4) is 0 Å². The SMILES string of the molecule is C/C=C/C(OC(C)=O)C(Br)(Br)Br. The molecule has 0 bridgehead atoms. The molecule has 0 aliphatic heterocycles. The van der Waals surface area contributed by atoms with Crippen LogP contribution in [-0.2, 0) is 9.53 Å². The third kappa shape index (κ3) is 5.32. The van der Waals surface area contributed by atoms with E-state index in [1.165, 1.54) is 6.92 Å². The van der Waals surface area contributed by atoms with Crippen LogP contribution in [0.1, 0.15) is 13.8 Å². The third-order valence-corrected chi connectivity index (χ3v) is 2.34. The highest BCUT2D eigenvalue weighted by atomic mass is 80.0. The van der Waals surface area contributed by atoms with E-state index in [9.17, 15) is 4.79 Å². The first kappa shape index (κ1) is 12.7. The van der Waals surface area contributed by atoms with E-state index in [0.29, 0.717) is 0 Å². The fourth-order valence-corrected chi connectivity index (χ4v) is 1.31. The van der Waals surface area contributed by atoms with Crippen molar-refractivity contribution in [2.24, 2.45) is 0 Å². The smallest absolute Gasteiger partial charge is 0.303 e. The Morgan fingerprint density at radius 2 is 2.00 bits per heavy atom. The van der Waals surface area contributed by atoms with Crippen LogP contribution in [0.25, 0.3) is 0 Å². The summed E-state index contributed by atoms with van der Waals surface area (Å²) in [5, 5.41) is 0. The summed E-state index contributed by atoms with van der Waals surface area (Å²) in [7, 11) is 0. The summed E-state index contributed by atoms with van der Waals surface area (Å²) in [4.78, 5) is 10.7. The fourth-order valence-electron chi connectivity index (χ4n) is 0.569. The van der Waals surface area contributed by atoms with Gasteiger partial charge in [0.25, 0.3) is 0 Å². The molecule has 1 atom stereocenters. The Kier molecular flexibility index (Phi) is 5.69. The van der Waals surface area contributed by atoms with Gasteiger partial charge in [0.2, 0.25) is 0 Å². The molecule has 0 radical (unpaired) electrons. The number of hydrogen-bond acceptors (Lipinski definition) is 2. The Hall–Kier alpha value is 0.650. The molecular weight excluding hydrogens is 356 g/mol. The monoisotopic (exact) mass is 362 g/mol. The number of hydrogen-bond donors (Lipinski definition) is 0. The summed E-state index contributed by atoms with van der Waals surface area (Å²) in [6.45, 7) is 3.23. The first-order chi connectivity index (χ1) is 5.38. The average molecular weight is 365 g/mol. The van der Waals surface area contributed by atoms with Crippen molar-refractivity contribution in [3.63, 3.8) is 0 Å². The van der Waals surface area contributed by atoms with Gasteiger partial charge in [-0.25, -0.2) is 0 Å². The molecule has 0 fully saturated rings. The fraction of sp³-hybridized carbons (Fsp3) is 0.571. The maximum Gasteiger partial charge on any atom is 0.303 e. The Morgan fingerprint density at radius 3 is 2.25 bits per heavy atom. The lowest BCUT2D eigenvalue weighted by atomic mass is 10.3. The molecule has 0 N–H and O–H groups in total. The Labute approximate surface area is 97.1 Å². The third-order valence-electron chi connectivity index (χ3n) is 0.983. The van der Waals surface area contributed by atoms with Gasteiger partial charge >= 0.3 is 5.97 Å². The molecule has 0 aliphatic rings. The molecule has 0 heterocycles. The average Bonchev–Trinajstić information content (AvgIpc) is 1.83. The first-order valence-corrected chi connectivity index (χ1v) is 5.62. The van der Waals surface area contributed by atoms with Gasteiger partial charge in [0.15, 0.2) is 8.25 Å². The van der Waals surface area contributed by atoms with E-state index in [0.717, 1.165) is 0 Å². The number of carbonyl (C=O) groups excluding carboxylic acids is 1. The van der Waals surface area contributed by atoms with Crippen molar-refractivity contribution in [1.29, 1.82) is 0 Å². The van der Waals surface area contributed by atoms with Crippen LogP contribution in [0.4, 0.5) is 0 Å². The molecule has 1 unspecified atom stereocenters. The summed E-state index contributed by atoms with van der Waals surface area (Å²) < 4.78 is 4.40. The Morgan fingerprint density at radius 1 is 1.50 bits per heavy atom. The summed E-state index contributed by atoms with van der Waals surface area (Å²) in [6, 6.07) is 0. The molecule has 0 amide bonds. The second-order valence-electron chi connectivity index (χ2n) is 2.10. The van der Waals surface area contributed by atoms with Gasteiger partial charge in [0, 0.05) is 6.92 Å². The van der Waals surface area contributed by atoms with Gasteiger partial charge in [0.1, 0.15) is 0 Å². The summed E-state index contributed by atoms with van der Waals surface area (Å²) in [5.74, 6) is -0.319. The van der Waals surface area contributed by atoms with Crippen molar-refractivity contribution < 1.29 is 9.53 Å². The second kappa shape index (κ2) is 5.40. The molecule has 12 heavy (non-hydrogen) atoms. The van der Waals surface area contributed by atoms with Crippen molar-refractivity contribution in [3.05, 3.63) is 12.2 Å². The molecule has 0 aliphatic carbocycles. The number of alkyl halides is 3. The molecular formula is C7H9Br3O2. The van der Waals surface area contributed by atoms with Crippen molar-refractivity contribution in [2.45, 2.75) is 22.1 Å². The van der Waals surface area contributed by atoms with Crippen LogP contribution in [0.15, 0.2) is 12.2 Å². The van der Waals surface area contributed by atoms with Gasteiger partial charge in [-0.2, -0.15) is 0 Å². The minimum Gasteiger partial charge on any atom is -0.455 e. The van der Waals surface area contributed by atoms with Gasteiger partial charge in [-0.3, -0.25) is 4.79 Å². The topological polar surface area (TPSA) is 26.3 Å². The number of esters is 1. The van der Waals surface area contributed by atoms with E-state index in [4.69, 9.17) is 4.74 Å². The van der Waals surface area contributed by atoms with Crippen LogP contribution < -0.4 is 0 Å². The van der Waals surface area contributed by atoms with Crippen LogP contribution in [0.5, 0.6) is 0 Å². The Bertz CT molecular complexity index is 184. The summed E-state index contributed by atoms with van der Waals surface area (Å²) in [6.07, 6.45) is 3.20. The van der Waals surface area contributed by atoms with Crippen molar-refractivity contribution >= 4 is 53.8 Å². The zero-order chi connectivity index (χ0) is 9.78. The second-order valence-corrected chi connectivity index (χ2v) is 9.04. The molecule has 2 nitrogen and oxygen atoms in total. The molecule has 0 spiro atoms. The number of ether oxygens (including phenoxy) is 1. The largest absolute Gasteiger partial charge is 0.455 e. The lowest BCUT2D eigenvalue weighted by Crippen LogP contribution is -2.27. The summed E-state index contributed by atoms with van der Waals surface area (Å²) in [5.41, 5.74) is 0. The highest BCUT2D eigenvalue weighted by molar-refractivity contribution is 9.39. The van der Waals surface area contributed by atoms with Crippen molar-refractivity contribution in [3.8, 4) is 0 Å². The lowest BCUT2D eigenvalue weighted by molar-refractivity contribution is -0.143. The van der Waals surface area contributed by atoms with Crippen LogP contribution in [0.2, 0.25) is 0 Å². The summed E-state index contributed by atoms with van der Waals surface area (Å²) >= 11 is 9.84. The van der Waals surface area contributed by atoms with Crippen LogP contribution in [-0.4, -0.2) is 14.2 Å². The zero-order valence-corrected chi connectivity index (χ0v) is 11.4. The van der Waals surface area contributed by atoms with Crippen LogP contribution >= 0.6 is 47.8 Å². The van der Waals surface area contributed by atoms with E-state index in [1.54, 1.807) is 6.08 Å². The van der Waals surface area contributed by atoms with E-state index in [1.807, 2.05) is 13.0 Å². The Balaban J connectivity index is 4.34. The number of allylic oxidation sites excluding steroid dienone is 1. The number of halogens is 3. The molecule has 0 rings (SSSR count). The normalized spacial score (nSPS) is 14.8. The standard InChI is InChI=1S/C7H9Br3O2/c1-3-4-6(7(8,9)10)12-5(2)11/h3-4,6H,1-2H3/b4-3+. The maximum atomic E-state index is 10.7. The number of rotatable bonds is 2. The molecule has 70 valence electrons. The molecule has 0 aromatic carbocycles. The minimum absolute atomic E-state index is 0.319. The minimum atomic E-state index is -0.592. The van der Waals surface area contributed by atoms with Crippen molar-refractivity contribution in [2.75, 3.05) is 0 Å². The van der Waals surface area contributed by atoms with E-state index in [2.05, 4.69) is 47.8 Å². The van der Waals surface area contributed by atoms with Crippen LogP contribution in [0, 0.1) is 0 Å². The first-order valence-electron chi connectivity index (χ1n) is 3.24.